The van der Waals surface area contributed by atoms with Crippen LogP contribution in [0.15, 0.2) is 79.3 Å². The highest BCUT2D eigenvalue weighted by Gasteiger charge is 2.36. The molecule has 1 aliphatic rings. The van der Waals surface area contributed by atoms with Crippen molar-refractivity contribution >= 4 is 16.8 Å². The van der Waals surface area contributed by atoms with Crippen LogP contribution in [0.3, 0.4) is 0 Å². The number of carbonyl (C=O) groups is 1. The van der Waals surface area contributed by atoms with Crippen molar-refractivity contribution in [3.8, 4) is 17.2 Å². The summed E-state index contributed by atoms with van der Waals surface area (Å²) < 4.78 is 16.5. The fourth-order valence-electron chi connectivity index (χ4n) is 4.39. The number of para-hydroxylation sites is 1. The van der Waals surface area contributed by atoms with Gasteiger partial charge in [-0.15, -0.1) is 10.2 Å². The van der Waals surface area contributed by atoms with E-state index in [2.05, 4.69) is 30.5 Å². The van der Waals surface area contributed by atoms with Gasteiger partial charge >= 0.3 is 0 Å². The lowest BCUT2D eigenvalue weighted by Gasteiger charge is -2.35. The predicted octanol–water partition coefficient (Wildman–Crippen LogP) is 4.09. The van der Waals surface area contributed by atoms with E-state index in [1.165, 1.54) is 6.07 Å². The van der Waals surface area contributed by atoms with E-state index in [9.17, 15) is 9.18 Å². The highest BCUT2D eigenvalue weighted by Crippen LogP contribution is 2.38. The number of halogens is 1. The molecule has 0 radical (unpaired) electrons. The zero-order valence-corrected chi connectivity index (χ0v) is 18.5. The second-order valence-electron chi connectivity index (χ2n) is 8.49. The average molecular weight is 465 g/mol. The molecule has 1 saturated carbocycles. The van der Waals surface area contributed by atoms with Crippen molar-refractivity contribution in [2.75, 3.05) is 0 Å². The summed E-state index contributed by atoms with van der Waals surface area (Å²) in [7, 11) is 0. The largest absolute Gasteiger partial charge is 0.348 e. The van der Waals surface area contributed by atoms with Gasteiger partial charge in [-0.3, -0.25) is 19.3 Å². The third-order valence-corrected chi connectivity index (χ3v) is 6.24. The van der Waals surface area contributed by atoms with Gasteiger partial charge in [-0.1, -0.05) is 18.2 Å². The molecule has 0 spiro atoms. The molecule has 5 aromatic rings. The van der Waals surface area contributed by atoms with Crippen LogP contribution < -0.4 is 5.32 Å². The minimum Gasteiger partial charge on any atom is -0.348 e. The predicted molar refractivity (Wildman–Crippen MR) is 127 cm³/mol. The first kappa shape index (κ1) is 21.0. The van der Waals surface area contributed by atoms with E-state index < -0.39 is 0 Å². The van der Waals surface area contributed by atoms with E-state index in [0.29, 0.717) is 41.6 Å². The first-order valence-electron chi connectivity index (χ1n) is 11.3. The number of fused-ring (bicyclic) bond motifs is 1. The van der Waals surface area contributed by atoms with Crippen molar-refractivity contribution in [3.05, 3.63) is 96.6 Å². The molecule has 1 amide bonds. The minimum absolute atomic E-state index is 0.0144. The number of carbonyl (C=O) groups excluding carboxylic acids is 1. The molecule has 172 valence electrons. The smallest absolute Gasteiger partial charge is 0.270 e. The van der Waals surface area contributed by atoms with Crippen LogP contribution in [0.25, 0.3) is 28.1 Å². The lowest BCUT2D eigenvalue weighted by molar-refractivity contribution is 0.0902. The molecule has 9 heteroatoms. The van der Waals surface area contributed by atoms with Gasteiger partial charge in [0.05, 0.1) is 11.2 Å². The van der Waals surface area contributed by atoms with Gasteiger partial charge in [0.15, 0.2) is 5.82 Å². The molecule has 8 nitrogen and oxygen atoms in total. The Labute approximate surface area is 199 Å². The van der Waals surface area contributed by atoms with Crippen LogP contribution >= 0.6 is 0 Å². The van der Waals surface area contributed by atoms with Gasteiger partial charge in [0.2, 0.25) is 0 Å². The minimum atomic E-state index is -0.368. The number of pyridine rings is 3. The van der Waals surface area contributed by atoms with Crippen LogP contribution in [-0.2, 0) is 0 Å². The molecule has 0 atom stereocenters. The maximum Gasteiger partial charge on any atom is 0.270 e. The summed E-state index contributed by atoms with van der Waals surface area (Å²) >= 11 is 0. The van der Waals surface area contributed by atoms with E-state index >= 15 is 0 Å². The first-order chi connectivity index (χ1) is 17.2. The Kier molecular flexibility index (Phi) is 5.21. The highest BCUT2D eigenvalue weighted by molar-refractivity contribution is 5.95. The van der Waals surface area contributed by atoms with E-state index in [1.807, 2.05) is 24.3 Å². The summed E-state index contributed by atoms with van der Waals surface area (Å²) in [5, 5.41) is 12.7. The number of benzene rings is 1. The maximum absolute atomic E-state index is 14.8. The standard InChI is InChI=1S/C26H20FN7O/c27-19-5-1-2-7-23(19)34-24(32-33-25(34)21-6-3-4-11-29-21)17-13-18(14-17)30-26(35)22-9-8-16-15-28-12-10-20(16)31-22/h1-12,15,17-18H,13-14H2,(H,30,35)/t17-,18-. The van der Waals surface area contributed by atoms with Crippen LogP contribution in [0.5, 0.6) is 0 Å². The Morgan fingerprint density at radius 1 is 0.971 bits per heavy atom. The van der Waals surface area contributed by atoms with Crippen LogP contribution in [-0.4, -0.2) is 41.7 Å². The average Bonchev–Trinajstić information content (AvgIpc) is 3.30. The third kappa shape index (κ3) is 3.90. The molecule has 0 unspecified atom stereocenters. The zero-order chi connectivity index (χ0) is 23.8. The highest BCUT2D eigenvalue weighted by atomic mass is 19.1. The zero-order valence-electron chi connectivity index (χ0n) is 18.5. The van der Waals surface area contributed by atoms with Crippen molar-refractivity contribution in [3.63, 3.8) is 0 Å². The number of rotatable bonds is 5. The van der Waals surface area contributed by atoms with Gasteiger partial charge in [0.1, 0.15) is 23.0 Å². The SMILES string of the molecule is O=C(N[C@H]1C[C@H](c2nnc(-c3ccccn3)n2-c2ccccc2F)C1)c1ccc2cnccc2n1. The van der Waals surface area contributed by atoms with Crippen LogP contribution in [0.2, 0.25) is 0 Å². The molecule has 0 saturated heterocycles. The van der Waals surface area contributed by atoms with Gasteiger partial charge in [0, 0.05) is 35.9 Å². The Balaban J connectivity index is 1.23. The number of nitrogens with one attached hydrogen (secondary N) is 1. The lowest BCUT2D eigenvalue weighted by Crippen LogP contribution is -2.44. The third-order valence-electron chi connectivity index (χ3n) is 6.24. The lowest BCUT2D eigenvalue weighted by atomic mass is 9.79. The summed E-state index contributed by atoms with van der Waals surface area (Å²) in [6.07, 6.45) is 6.36. The van der Waals surface area contributed by atoms with E-state index in [-0.39, 0.29) is 23.7 Å². The molecular weight excluding hydrogens is 445 g/mol. The quantitative estimate of drug-likeness (QED) is 0.420. The summed E-state index contributed by atoms with van der Waals surface area (Å²) in [5.41, 5.74) is 2.06. The van der Waals surface area contributed by atoms with Gasteiger partial charge in [-0.25, -0.2) is 9.37 Å². The van der Waals surface area contributed by atoms with Gasteiger partial charge in [-0.05, 0) is 55.3 Å². The van der Waals surface area contributed by atoms with E-state index in [0.717, 1.165) is 10.9 Å². The Morgan fingerprint density at radius 3 is 2.66 bits per heavy atom. The summed E-state index contributed by atoms with van der Waals surface area (Å²) in [5.74, 6) is 0.551. The molecule has 1 N–H and O–H groups in total. The molecule has 1 fully saturated rings. The van der Waals surface area contributed by atoms with Crippen molar-refractivity contribution in [2.45, 2.75) is 24.8 Å². The number of amides is 1. The van der Waals surface area contributed by atoms with Gasteiger partial charge in [-0.2, -0.15) is 0 Å². The Hall–Kier alpha value is -4.53. The van der Waals surface area contributed by atoms with E-state index in [4.69, 9.17) is 0 Å². The van der Waals surface area contributed by atoms with Crippen molar-refractivity contribution in [1.82, 2.24) is 35.0 Å². The normalized spacial score (nSPS) is 17.2. The first-order valence-corrected chi connectivity index (χ1v) is 11.3. The second kappa shape index (κ2) is 8.68. The molecule has 1 aliphatic carbocycles. The molecule has 6 rings (SSSR count). The second-order valence-corrected chi connectivity index (χ2v) is 8.49. The molecular formula is C26H20FN7O. The monoisotopic (exact) mass is 465 g/mol. The van der Waals surface area contributed by atoms with Crippen molar-refractivity contribution in [1.29, 1.82) is 0 Å². The number of nitrogens with zero attached hydrogens (tertiary/aromatic N) is 6. The number of aromatic nitrogens is 6. The van der Waals surface area contributed by atoms with Crippen molar-refractivity contribution < 1.29 is 9.18 Å². The fraction of sp³-hybridized carbons (Fsp3) is 0.154. The molecule has 0 aliphatic heterocycles. The van der Waals surface area contributed by atoms with Gasteiger partial charge < -0.3 is 5.32 Å². The van der Waals surface area contributed by atoms with Crippen LogP contribution in [0.4, 0.5) is 4.39 Å². The Bertz CT molecular complexity index is 1530. The van der Waals surface area contributed by atoms with E-state index in [1.54, 1.807) is 53.5 Å². The summed E-state index contributed by atoms with van der Waals surface area (Å²) in [4.78, 5) is 25.7. The molecule has 4 aromatic heterocycles. The summed E-state index contributed by atoms with van der Waals surface area (Å²) in [6, 6.07) is 17.3. The molecule has 1 aromatic carbocycles. The topological polar surface area (TPSA) is 98.5 Å². The summed E-state index contributed by atoms with van der Waals surface area (Å²) in [6.45, 7) is 0. The van der Waals surface area contributed by atoms with Crippen LogP contribution in [0.1, 0.15) is 35.1 Å². The maximum atomic E-state index is 14.8. The fourth-order valence-corrected chi connectivity index (χ4v) is 4.39. The number of hydrogen-bond acceptors (Lipinski definition) is 6. The Morgan fingerprint density at radius 2 is 1.83 bits per heavy atom. The molecule has 0 bridgehead atoms. The molecule has 4 heterocycles. The van der Waals surface area contributed by atoms with Crippen molar-refractivity contribution in [2.24, 2.45) is 0 Å². The molecule has 35 heavy (non-hydrogen) atoms. The van der Waals surface area contributed by atoms with Gasteiger partial charge in [0.25, 0.3) is 5.91 Å². The number of hydrogen-bond donors (Lipinski definition) is 1. The van der Waals surface area contributed by atoms with Crippen LogP contribution in [0, 0.1) is 5.82 Å².